The molecule has 2 unspecified atom stereocenters. The number of aliphatic hydroxyl groups is 1. The second-order valence-corrected chi connectivity index (χ2v) is 6.35. The Balaban J connectivity index is 1.95. The van der Waals surface area contributed by atoms with Crippen molar-refractivity contribution in [2.24, 2.45) is 5.92 Å². The molecule has 1 N–H and O–H groups in total. The zero-order chi connectivity index (χ0) is 16.6. The number of aliphatic hydroxyl groups excluding tert-OH is 1. The molecular formula is C18H23NO4. The predicted molar refractivity (Wildman–Crippen MR) is 87.8 cm³/mol. The van der Waals surface area contributed by atoms with Gasteiger partial charge >= 0.3 is 0 Å². The summed E-state index contributed by atoms with van der Waals surface area (Å²) in [6, 6.07) is 5.70. The standard InChI is InChI=1S/C18H23NO4/c1-11-4-5-13(10-20)9-19(11)18(21)17-12(2)15-8-14(22-3)6-7-16(15)23-17/h6-8,11,13,20H,4-5,9-10H2,1-3H3. The lowest BCUT2D eigenvalue weighted by Gasteiger charge is -2.37. The number of likely N-dealkylation sites (tertiary alicyclic amines) is 1. The summed E-state index contributed by atoms with van der Waals surface area (Å²) in [6.07, 6.45) is 1.86. The van der Waals surface area contributed by atoms with Crippen molar-refractivity contribution in [1.82, 2.24) is 4.90 Å². The number of piperidine rings is 1. The van der Waals surface area contributed by atoms with Gasteiger partial charge in [-0.15, -0.1) is 0 Å². The normalized spacial score (nSPS) is 21.7. The molecule has 0 radical (unpaired) electrons. The number of hydrogen-bond acceptors (Lipinski definition) is 4. The molecule has 1 aliphatic rings. The number of amides is 1. The van der Waals surface area contributed by atoms with Crippen molar-refractivity contribution in [3.8, 4) is 5.75 Å². The van der Waals surface area contributed by atoms with E-state index in [1.54, 1.807) is 7.11 Å². The molecule has 3 rings (SSSR count). The lowest BCUT2D eigenvalue weighted by molar-refractivity contribution is 0.0460. The van der Waals surface area contributed by atoms with Crippen LogP contribution < -0.4 is 4.74 Å². The number of furan rings is 1. The zero-order valence-corrected chi connectivity index (χ0v) is 13.8. The van der Waals surface area contributed by atoms with Crippen LogP contribution in [-0.4, -0.2) is 42.2 Å². The maximum Gasteiger partial charge on any atom is 0.290 e. The largest absolute Gasteiger partial charge is 0.497 e. The van der Waals surface area contributed by atoms with Crippen LogP contribution in [0.1, 0.15) is 35.9 Å². The van der Waals surface area contributed by atoms with E-state index in [1.165, 1.54) is 0 Å². The first-order valence-electron chi connectivity index (χ1n) is 8.04. The second-order valence-electron chi connectivity index (χ2n) is 6.35. The van der Waals surface area contributed by atoms with Crippen LogP contribution in [0.15, 0.2) is 22.6 Å². The predicted octanol–water partition coefficient (Wildman–Crippen LogP) is 2.98. The highest BCUT2D eigenvalue weighted by Gasteiger charge is 2.32. The highest BCUT2D eigenvalue weighted by Crippen LogP contribution is 2.31. The molecule has 2 atom stereocenters. The monoisotopic (exact) mass is 317 g/mol. The average Bonchev–Trinajstić information content (AvgIpc) is 2.91. The highest BCUT2D eigenvalue weighted by molar-refractivity contribution is 5.99. The minimum atomic E-state index is -0.0942. The van der Waals surface area contributed by atoms with Gasteiger partial charge in [0.25, 0.3) is 5.91 Å². The van der Waals surface area contributed by atoms with Crippen LogP contribution in [0.5, 0.6) is 5.75 Å². The van der Waals surface area contributed by atoms with Gasteiger partial charge in [0.2, 0.25) is 0 Å². The number of benzene rings is 1. The Morgan fingerprint density at radius 3 is 2.91 bits per heavy atom. The van der Waals surface area contributed by atoms with Gasteiger partial charge < -0.3 is 19.2 Å². The molecule has 1 aromatic carbocycles. The molecule has 1 aromatic heterocycles. The molecule has 0 bridgehead atoms. The maximum absolute atomic E-state index is 12.9. The molecule has 1 aliphatic heterocycles. The number of ether oxygens (including phenoxy) is 1. The molecule has 124 valence electrons. The van der Waals surface area contributed by atoms with Crippen LogP contribution in [-0.2, 0) is 0 Å². The number of fused-ring (bicyclic) bond motifs is 1. The van der Waals surface area contributed by atoms with Gasteiger partial charge in [-0.25, -0.2) is 0 Å². The third kappa shape index (κ3) is 2.81. The van der Waals surface area contributed by atoms with Crippen LogP contribution in [0.2, 0.25) is 0 Å². The fraction of sp³-hybridized carbons (Fsp3) is 0.500. The lowest BCUT2D eigenvalue weighted by atomic mass is 9.93. The number of nitrogens with zero attached hydrogens (tertiary/aromatic N) is 1. The Labute approximate surface area is 135 Å². The summed E-state index contributed by atoms with van der Waals surface area (Å²) < 4.78 is 11.1. The van der Waals surface area contributed by atoms with Crippen molar-refractivity contribution >= 4 is 16.9 Å². The Morgan fingerprint density at radius 2 is 2.22 bits per heavy atom. The van der Waals surface area contributed by atoms with Crippen molar-refractivity contribution in [2.45, 2.75) is 32.7 Å². The minimum Gasteiger partial charge on any atom is -0.497 e. The Bertz CT molecular complexity index is 721. The molecule has 0 saturated carbocycles. The molecule has 5 heteroatoms. The molecular weight excluding hydrogens is 294 g/mol. The van der Waals surface area contributed by atoms with Crippen LogP contribution in [0.25, 0.3) is 11.0 Å². The van der Waals surface area contributed by atoms with Crippen molar-refractivity contribution in [1.29, 1.82) is 0 Å². The fourth-order valence-electron chi connectivity index (χ4n) is 3.28. The Kier molecular flexibility index (Phi) is 4.31. The smallest absolute Gasteiger partial charge is 0.290 e. The third-order valence-corrected chi connectivity index (χ3v) is 4.84. The first-order valence-corrected chi connectivity index (χ1v) is 8.04. The van der Waals surface area contributed by atoms with E-state index in [2.05, 4.69) is 0 Å². The van der Waals surface area contributed by atoms with Gasteiger partial charge in [0.05, 0.1) is 7.11 Å². The van der Waals surface area contributed by atoms with Gasteiger partial charge in [-0.1, -0.05) is 0 Å². The van der Waals surface area contributed by atoms with E-state index >= 15 is 0 Å². The maximum atomic E-state index is 12.9. The summed E-state index contributed by atoms with van der Waals surface area (Å²) in [5, 5.41) is 10.3. The summed E-state index contributed by atoms with van der Waals surface area (Å²) in [4.78, 5) is 14.8. The summed E-state index contributed by atoms with van der Waals surface area (Å²) >= 11 is 0. The summed E-state index contributed by atoms with van der Waals surface area (Å²) in [5.74, 6) is 1.19. The highest BCUT2D eigenvalue weighted by atomic mass is 16.5. The van der Waals surface area contributed by atoms with E-state index in [0.29, 0.717) is 17.9 Å². The van der Waals surface area contributed by atoms with E-state index in [-0.39, 0.29) is 24.5 Å². The summed E-state index contributed by atoms with van der Waals surface area (Å²) in [7, 11) is 1.62. The minimum absolute atomic E-state index is 0.0942. The van der Waals surface area contributed by atoms with Crippen LogP contribution in [0.3, 0.4) is 0 Å². The number of carbonyl (C=O) groups is 1. The molecule has 1 amide bonds. The van der Waals surface area contributed by atoms with Crippen LogP contribution in [0.4, 0.5) is 0 Å². The number of hydrogen-bond donors (Lipinski definition) is 1. The second kappa shape index (κ2) is 6.24. The molecule has 0 aliphatic carbocycles. The van der Waals surface area contributed by atoms with Crippen LogP contribution >= 0.6 is 0 Å². The zero-order valence-electron chi connectivity index (χ0n) is 13.8. The van der Waals surface area contributed by atoms with Gasteiger partial charge in [0.15, 0.2) is 5.76 Å². The van der Waals surface area contributed by atoms with Crippen molar-refractivity contribution < 1.29 is 19.1 Å². The number of carbonyl (C=O) groups excluding carboxylic acids is 1. The Hall–Kier alpha value is -2.01. The molecule has 23 heavy (non-hydrogen) atoms. The molecule has 2 heterocycles. The SMILES string of the molecule is COc1ccc2oc(C(=O)N3CC(CO)CCC3C)c(C)c2c1. The van der Waals surface area contributed by atoms with E-state index in [9.17, 15) is 9.90 Å². The summed E-state index contributed by atoms with van der Waals surface area (Å²) in [5.41, 5.74) is 1.53. The van der Waals surface area contributed by atoms with E-state index < -0.39 is 0 Å². The molecule has 5 nitrogen and oxygen atoms in total. The van der Waals surface area contributed by atoms with Gasteiger partial charge in [-0.2, -0.15) is 0 Å². The first-order chi connectivity index (χ1) is 11.0. The van der Waals surface area contributed by atoms with Gasteiger partial charge in [-0.3, -0.25) is 4.79 Å². The molecule has 2 aromatic rings. The first kappa shape index (κ1) is 15.9. The van der Waals surface area contributed by atoms with Crippen molar-refractivity contribution in [3.05, 3.63) is 29.5 Å². The van der Waals surface area contributed by atoms with E-state index in [0.717, 1.165) is 29.5 Å². The van der Waals surface area contributed by atoms with Gasteiger partial charge in [-0.05, 0) is 50.8 Å². The molecule has 1 fully saturated rings. The summed E-state index contributed by atoms with van der Waals surface area (Å²) in [6.45, 7) is 4.65. The molecule has 0 spiro atoms. The molecule has 1 saturated heterocycles. The van der Waals surface area contributed by atoms with Gasteiger partial charge in [0, 0.05) is 30.1 Å². The lowest BCUT2D eigenvalue weighted by Crippen LogP contribution is -2.46. The van der Waals surface area contributed by atoms with Crippen molar-refractivity contribution in [3.63, 3.8) is 0 Å². The Morgan fingerprint density at radius 1 is 1.43 bits per heavy atom. The average molecular weight is 317 g/mol. The number of aryl methyl sites for hydroxylation is 1. The fourth-order valence-corrected chi connectivity index (χ4v) is 3.28. The third-order valence-electron chi connectivity index (χ3n) is 4.84. The number of methoxy groups -OCH3 is 1. The van der Waals surface area contributed by atoms with E-state index in [1.807, 2.05) is 36.9 Å². The van der Waals surface area contributed by atoms with Crippen molar-refractivity contribution in [2.75, 3.05) is 20.3 Å². The quantitative estimate of drug-likeness (QED) is 0.945. The van der Waals surface area contributed by atoms with E-state index in [4.69, 9.17) is 9.15 Å². The topological polar surface area (TPSA) is 62.9 Å². The number of rotatable bonds is 3. The van der Waals surface area contributed by atoms with Crippen LogP contribution in [0, 0.1) is 12.8 Å². The van der Waals surface area contributed by atoms with Gasteiger partial charge in [0.1, 0.15) is 11.3 Å².